The van der Waals surface area contributed by atoms with Crippen molar-refractivity contribution in [1.29, 1.82) is 0 Å². The van der Waals surface area contributed by atoms with Gasteiger partial charge in [-0.2, -0.15) is 0 Å². The third-order valence-electron chi connectivity index (χ3n) is 5.89. The highest BCUT2D eigenvalue weighted by Crippen LogP contribution is 2.39. The number of hydrogen-bond acceptors (Lipinski definition) is 3. The van der Waals surface area contributed by atoms with E-state index in [0.717, 1.165) is 55.8 Å². The van der Waals surface area contributed by atoms with Crippen molar-refractivity contribution >= 4 is 5.91 Å². The van der Waals surface area contributed by atoms with Crippen molar-refractivity contribution in [2.24, 2.45) is 5.92 Å². The molecule has 0 aliphatic carbocycles. The molecule has 2 atom stereocenters. The van der Waals surface area contributed by atoms with Gasteiger partial charge < -0.3 is 10.1 Å². The van der Waals surface area contributed by atoms with E-state index in [1.165, 1.54) is 12.1 Å². The second kappa shape index (κ2) is 8.15. The fourth-order valence-electron chi connectivity index (χ4n) is 4.48. The van der Waals surface area contributed by atoms with Gasteiger partial charge in [0.2, 0.25) is 5.91 Å². The van der Waals surface area contributed by atoms with Crippen LogP contribution in [0.2, 0.25) is 0 Å². The molecule has 4 rings (SSSR count). The lowest BCUT2D eigenvalue weighted by molar-refractivity contribution is -0.128. The highest BCUT2D eigenvalue weighted by Gasteiger charge is 2.36. The summed E-state index contributed by atoms with van der Waals surface area (Å²) in [6.45, 7) is 6.57. The van der Waals surface area contributed by atoms with Gasteiger partial charge in [0.25, 0.3) is 0 Å². The van der Waals surface area contributed by atoms with E-state index in [4.69, 9.17) is 4.74 Å². The number of likely N-dealkylation sites (tertiary alicyclic amines) is 1. The number of rotatable bonds is 4. The minimum absolute atomic E-state index is 0.0256. The Morgan fingerprint density at radius 2 is 1.97 bits per heavy atom. The lowest BCUT2D eigenvalue weighted by Gasteiger charge is -2.39. The molecule has 4 nitrogen and oxygen atoms in total. The molecule has 2 aromatic carbocycles. The largest absolute Gasteiger partial charge is 0.487 e. The van der Waals surface area contributed by atoms with Crippen molar-refractivity contribution < 1.29 is 13.9 Å². The average molecular weight is 397 g/mol. The van der Waals surface area contributed by atoms with Crippen LogP contribution in [0.5, 0.6) is 5.75 Å². The zero-order chi connectivity index (χ0) is 20.4. The van der Waals surface area contributed by atoms with Gasteiger partial charge in [-0.15, -0.1) is 0 Å². The van der Waals surface area contributed by atoms with E-state index in [0.29, 0.717) is 0 Å². The zero-order valence-electron chi connectivity index (χ0n) is 17.2. The fourth-order valence-corrected chi connectivity index (χ4v) is 4.48. The van der Waals surface area contributed by atoms with Gasteiger partial charge in [0.1, 0.15) is 17.2 Å². The Balaban J connectivity index is 1.41. The fraction of sp³-hybridized carbons (Fsp3) is 0.458. The highest BCUT2D eigenvalue weighted by molar-refractivity contribution is 5.79. The number of hydrogen-bond donors (Lipinski definition) is 1. The number of carbonyl (C=O) groups is 1. The summed E-state index contributed by atoms with van der Waals surface area (Å²) in [7, 11) is 0. The first kappa shape index (κ1) is 19.9. The SMILES string of the molecule is CC1(C)C[C@H](NC(=O)[C@@H]2CCCN(Cc3ccc(F)cc3)C2)c2ccccc2O1. The van der Waals surface area contributed by atoms with Crippen LogP contribution in [-0.4, -0.2) is 29.5 Å². The Hall–Kier alpha value is -2.40. The molecule has 2 aromatic rings. The first-order chi connectivity index (χ1) is 13.9. The molecular weight excluding hydrogens is 367 g/mol. The summed E-state index contributed by atoms with van der Waals surface area (Å²) in [6.07, 6.45) is 2.65. The number of benzene rings is 2. The minimum atomic E-state index is -0.312. The van der Waals surface area contributed by atoms with Crippen LogP contribution in [0.15, 0.2) is 48.5 Å². The van der Waals surface area contributed by atoms with Crippen molar-refractivity contribution in [3.05, 3.63) is 65.5 Å². The predicted octanol–water partition coefficient (Wildman–Crippen LogP) is 4.46. The summed E-state index contributed by atoms with van der Waals surface area (Å²) in [5, 5.41) is 3.30. The Morgan fingerprint density at radius 3 is 2.76 bits per heavy atom. The van der Waals surface area contributed by atoms with Crippen LogP contribution < -0.4 is 10.1 Å². The minimum Gasteiger partial charge on any atom is -0.487 e. The first-order valence-electron chi connectivity index (χ1n) is 10.4. The van der Waals surface area contributed by atoms with E-state index in [9.17, 15) is 9.18 Å². The van der Waals surface area contributed by atoms with E-state index >= 15 is 0 Å². The molecule has 2 heterocycles. The predicted molar refractivity (Wildman–Crippen MR) is 111 cm³/mol. The van der Waals surface area contributed by atoms with Crippen molar-refractivity contribution in [3.8, 4) is 5.75 Å². The average Bonchev–Trinajstić information content (AvgIpc) is 2.69. The molecule has 0 radical (unpaired) electrons. The van der Waals surface area contributed by atoms with Crippen LogP contribution in [0.1, 0.15) is 50.3 Å². The molecule has 0 aromatic heterocycles. The van der Waals surface area contributed by atoms with Gasteiger partial charge in [-0.25, -0.2) is 4.39 Å². The van der Waals surface area contributed by atoms with E-state index in [-0.39, 0.29) is 29.3 Å². The van der Waals surface area contributed by atoms with Crippen LogP contribution in [0.3, 0.4) is 0 Å². The van der Waals surface area contributed by atoms with Gasteiger partial charge in [-0.1, -0.05) is 30.3 Å². The Labute approximate surface area is 172 Å². The summed E-state index contributed by atoms with van der Waals surface area (Å²) >= 11 is 0. The molecule has 5 heteroatoms. The molecule has 2 aliphatic heterocycles. The third kappa shape index (κ3) is 4.78. The maximum absolute atomic E-state index is 13.1. The smallest absolute Gasteiger partial charge is 0.224 e. The van der Waals surface area contributed by atoms with Gasteiger partial charge >= 0.3 is 0 Å². The molecule has 1 amide bonds. The molecule has 1 fully saturated rings. The second-order valence-corrected chi connectivity index (χ2v) is 8.87. The standard InChI is InChI=1S/C24H29FN2O2/c1-24(2)14-21(20-7-3-4-8-22(20)29-24)26-23(28)18-6-5-13-27(16-18)15-17-9-11-19(25)12-10-17/h3-4,7-12,18,21H,5-6,13-16H2,1-2H3,(H,26,28)/t18-,21+/m1/s1. The molecule has 1 N–H and O–H groups in total. The molecule has 0 unspecified atom stereocenters. The number of carbonyl (C=O) groups excluding carboxylic acids is 1. The van der Waals surface area contributed by atoms with Gasteiger partial charge in [-0.3, -0.25) is 9.69 Å². The first-order valence-corrected chi connectivity index (χ1v) is 10.4. The Morgan fingerprint density at radius 1 is 1.21 bits per heavy atom. The van der Waals surface area contributed by atoms with Crippen molar-refractivity contribution in [2.75, 3.05) is 13.1 Å². The second-order valence-electron chi connectivity index (χ2n) is 8.87. The van der Waals surface area contributed by atoms with Gasteiger partial charge in [0, 0.05) is 25.1 Å². The quantitative estimate of drug-likeness (QED) is 0.830. The van der Waals surface area contributed by atoms with E-state index in [2.05, 4.69) is 24.1 Å². The highest BCUT2D eigenvalue weighted by atomic mass is 19.1. The van der Waals surface area contributed by atoms with Crippen LogP contribution in [0.25, 0.3) is 0 Å². The van der Waals surface area contributed by atoms with Crippen LogP contribution in [-0.2, 0) is 11.3 Å². The number of amides is 1. The lowest BCUT2D eigenvalue weighted by atomic mass is 9.88. The summed E-state index contributed by atoms with van der Waals surface area (Å²) in [4.78, 5) is 15.4. The molecule has 1 saturated heterocycles. The Bertz CT molecular complexity index is 865. The molecule has 29 heavy (non-hydrogen) atoms. The number of nitrogens with zero attached hydrogens (tertiary/aromatic N) is 1. The number of piperidine rings is 1. The number of para-hydroxylation sites is 1. The molecular formula is C24H29FN2O2. The third-order valence-corrected chi connectivity index (χ3v) is 5.89. The van der Waals surface area contributed by atoms with Gasteiger partial charge in [0.05, 0.1) is 12.0 Å². The monoisotopic (exact) mass is 396 g/mol. The molecule has 2 aliphatic rings. The summed E-state index contributed by atoms with van der Waals surface area (Å²) < 4.78 is 19.2. The van der Waals surface area contributed by atoms with Crippen LogP contribution in [0.4, 0.5) is 4.39 Å². The number of nitrogens with one attached hydrogen (secondary N) is 1. The van der Waals surface area contributed by atoms with Crippen molar-refractivity contribution in [3.63, 3.8) is 0 Å². The lowest BCUT2D eigenvalue weighted by Crippen LogP contribution is -2.46. The maximum atomic E-state index is 13.1. The van der Waals surface area contributed by atoms with Crippen LogP contribution >= 0.6 is 0 Å². The normalized spacial score (nSPS) is 23.7. The van der Waals surface area contributed by atoms with Gasteiger partial charge in [-0.05, 0) is 57.0 Å². The number of ether oxygens (including phenoxy) is 1. The van der Waals surface area contributed by atoms with Gasteiger partial charge in [0.15, 0.2) is 0 Å². The summed E-state index contributed by atoms with van der Waals surface area (Å²) in [5.41, 5.74) is 1.82. The maximum Gasteiger partial charge on any atom is 0.224 e. The molecule has 0 bridgehead atoms. The Kier molecular flexibility index (Phi) is 5.59. The summed E-state index contributed by atoms with van der Waals surface area (Å²) in [6, 6.07) is 14.6. The molecule has 0 spiro atoms. The van der Waals surface area contributed by atoms with E-state index < -0.39 is 0 Å². The topological polar surface area (TPSA) is 41.6 Å². The van der Waals surface area contributed by atoms with E-state index in [1.807, 2.05) is 36.4 Å². The van der Waals surface area contributed by atoms with E-state index in [1.54, 1.807) is 0 Å². The zero-order valence-corrected chi connectivity index (χ0v) is 17.2. The molecule has 154 valence electrons. The number of halogens is 1. The van der Waals surface area contributed by atoms with Crippen molar-refractivity contribution in [1.82, 2.24) is 10.2 Å². The van der Waals surface area contributed by atoms with Crippen molar-refractivity contribution in [2.45, 2.75) is 51.3 Å². The summed E-state index contributed by atoms with van der Waals surface area (Å²) in [5.74, 6) is 0.730. The number of fused-ring (bicyclic) bond motifs is 1. The van der Waals surface area contributed by atoms with Crippen LogP contribution in [0, 0.1) is 11.7 Å². The molecule has 0 saturated carbocycles.